The molecule has 0 aliphatic carbocycles. The highest BCUT2D eigenvalue weighted by Gasteiger charge is 2.11. The molecule has 2 rings (SSSR count). The monoisotopic (exact) mass is 320 g/mol. The fourth-order valence-electron chi connectivity index (χ4n) is 2.07. The van der Waals surface area contributed by atoms with Gasteiger partial charge >= 0.3 is 5.97 Å². The summed E-state index contributed by atoms with van der Waals surface area (Å²) in [4.78, 5) is 19.5. The molecule has 0 amide bonds. The SMILES string of the molecule is COCCN(Cc1cccc(C(=O)OC)n1)Cc1cccs1. The molecule has 0 fully saturated rings. The van der Waals surface area contributed by atoms with E-state index in [9.17, 15) is 4.79 Å². The number of nitrogens with zero attached hydrogens (tertiary/aromatic N) is 2. The Balaban J connectivity index is 2.07. The quantitative estimate of drug-likeness (QED) is 0.700. The number of thiophene rings is 1. The Labute approximate surface area is 134 Å². The molecule has 2 aromatic rings. The van der Waals surface area contributed by atoms with Crippen molar-refractivity contribution in [1.29, 1.82) is 0 Å². The van der Waals surface area contributed by atoms with Crippen molar-refractivity contribution < 1.29 is 14.3 Å². The van der Waals surface area contributed by atoms with Gasteiger partial charge in [0.15, 0.2) is 0 Å². The van der Waals surface area contributed by atoms with Gasteiger partial charge in [0.2, 0.25) is 0 Å². The smallest absolute Gasteiger partial charge is 0.356 e. The second kappa shape index (κ2) is 8.63. The minimum absolute atomic E-state index is 0.336. The molecule has 0 unspecified atom stereocenters. The fourth-order valence-corrected chi connectivity index (χ4v) is 2.82. The Bertz CT molecular complexity index is 587. The Kier molecular flexibility index (Phi) is 6.51. The van der Waals surface area contributed by atoms with Crippen molar-refractivity contribution in [2.24, 2.45) is 0 Å². The zero-order chi connectivity index (χ0) is 15.8. The number of carbonyl (C=O) groups is 1. The first-order chi connectivity index (χ1) is 10.7. The largest absolute Gasteiger partial charge is 0.464 e. The van der Waals surface area contributed by atoms with E-state index in [-0.39, 0.29) is 0 Å². The average molecular weight is 320 g/mol. The average Bonchev–Trinajstić information content (AvgIpc) is 3.05. The summed E-state index contributed by atoms with van der Waals surface area (Å²) in [7, 11) is 3.05. The van der Waals surface area contributed by atoms with Crippen LogP contribution >= 0.6 is 11.3 Å². The van der Waals surface area contributed by atoms with Gasteiger partial charge in [0, 0.05) is 31.6 Å². The maximum atomic E-state index is 11.6. The Morgan fingerprint density at radius 1 is 1.23 bits per heavy atom. The first-order valence-corrected chi connectivity index (χ1v) is 7.89. The van der Waals surface area contributed by atoms with Crippen molar-refractivity contribution in [1.82, 2.24) is 9.88 Å². The number of aromatic nitrogens is 1. The number of hydrogen-bond acceptors (Lipinski definition) is 6. The molecule has 2 aromatic heterocycles. The lowest BCUT2D eigenvalue weighted by Crippen LogP contribution is -2.27. The van der Waals surface area contributed by atoms with Gasteiger partial charge in [-0.05, 0) is 23.6 Å². The van der Waals surface area contributed by atoms with Gasteiger partial charge in [-0.1, -0.05) is 12.1 Å². The molecular weight excluding hydrogens is 300 g/mol. The highest BCUT2D eigenvalue weighted by Crippen LogP contribution is 2.14. The summed E-state index contributed by atoms with van der Waals surface area (Å²) in [5.74, 6) is -0.413. The van der Waals surface area contributed by atoms with Gasteiger partial charge in [-0.25, -0.2) is 9.78 Å². The standard InChI is InChI=1S/C16H20N2O3S/c1-20-9-8-18(12-14-6-4-10-22-14)11-13-5-3-7-15(17-13)16(19)21-2/h3-7,10H,8-9,11-12H2,1-2H3. The van der Waals surface area contributed by atoms with Gasteiger partial charge in [0.25, 0.3) is 0 Å². The summed E-state index contributed by atoms with van der Waals surface area (Å²) in [5.41, 5.74) is 1.18. The van der Waals surface area contributed by atoms with Crippen LogP contribution in [0.25, 0.3) is 0 Å². The van der Waals surface area contributed by atoms with Crippen molar-refractivity contribution in [2.75, 3.05) is 27.4 Å². The molecule has 118 valence electrons. The summed E-state index contributed by atoms with van der Waals surface area (Å²) < 4.78 is 9.89. The second-order valence-corrected chi connectivity index (χ2v) is 5.82. The molecular formula is C16H20N2O3S. The van der Waals surface area contributed by atoms with Crippen molar-refractivity contribution >= 4 is 17.3 Å². The first-order valence-electron chi connectivity index (χ1n) is 7.01. The predicted molar refractivity (Wildman–Crippen MR) is 85.9 cm³/mol. The molecule has 0 N–H and O–H groups in total. The lowest BCUT2D eigenvalue weighted by Gasteiger charge is -2.21. The summed E-state index contributed by atoms with van der Waals surface area (Å²) in [6, 6.07) is 9.57. The first kappa shape index (κ1) is 16.6. The molecule has 2 heterocycles. The van der Waals surface area contributed by atoms with Crippen LogP contribution in [0.1, 0.15) is 21.1 Å². The normalized spacial score (nSPS) is 10.9. The topological polar surface area (TPSA) is 51.7 Å². The van der Waals surface area contributed by atoms with Crippen LogP contribution in [0, 0.1) is 0 Å². The molecule has 0 spiro atoms. The molecule has 5 nitrogen and oxygen atoms in total. The number of ether oxygens (including phenoxy) is 2. The Morgan fingerprint density at radius 2 is 2.09 bits per heavy atom. The van der Waals surface area contributed by atoms with Crippen LogP contribution in [-0.4, -0.2) is 43.2 Å². The van der Waals surface area contributed by atoms with E-state index in [1.807, 2.05) is 18.2 Å². The Morgan fingerprint density at radius 3 is 2.77 bits per heavy atom. The molecule has 22 heavy (non-hydrogen) atoms. The maximum absolute atomic E-state index is 11.6. The molecule has 0 aromatic carbocycles. The molecule has 0 aliphatic heterocycles. The number of pyridine rings is 1. The zero-order valence-electron chi connectivity index (χ0n) is 12.8. The Hall–Kier alpha value is -1.76. The van der Waals surface area contributed by atoms with Crippen LogP contribution in [0.15, 0.2) is 35.7 Å². The zero-order valence-corrected chi connectivity index (χ0v) is 13.6. The summed E-state index contributed by atoms with van der Waals surface area (Å²) >= 11 is 1.73. The van der Waals surface area contributed by atoms with E-state index in [2.05, 4.69) is 21.3 Å². The lowest BCUT2D eigenvalue weighted by molar-refractivity contribution is 0.0593. The summed E-state index contributed by atoms with van der Waals surface area (Å²) in [6.45, 7) is 2.96. The van der Waals surface area contributed by atoms with Crippen LogP contribution < -0.4 is 0 Å². The predicted octanol–water partition coefficient (Wildman–Crippen LogP) is 2.58. The van der Waals surface area contributed by atoms with E-state index < -0.39 is 5.97 Å². The molecule has 0 saturated heterocycles. The minimum Gasteiger partial charge on any atom is -0.464 e. The molecule has 0 aliphatic rings. The van der Waals surface area contributed by atoms with E-state index in [0.29, 0.717) is 18.8 Å². The molecule has 6 heteroatoms. The molecule has 0 atom stereocenters. The highest BCUT2D eigenvalue weighted by atomic mass is 32.1. The van der Waals surface area contributed by atoms with Gasteiger partial charge in [-0.2, -0.15) is 0 Å². The molecule has 0 saturated carbocycles. The minimum atomic E-state index is -0.413. The van der Waals surface area contributed by atoms with Crippen LogP contribution in [0.3, 0.4) is 0 Å². The third-order valence-electron chi connectivity index (χ3n) is 3.16. The van der Waals surface area contributed by atoms with Crippen LogP contribution in [-0.2, 0) is 22.6 Å². The summed E-state index contributed by atoms with van der Waals surface area (Å²) in [6.07, 6.45) is 0. The second-order valence-electron chi connectivity index (χ2n) is 4.79. The molecule has 0 radical (unpaired) electrons. The fraction of sp³-hybridized carbons (Fsp3) is 0.375. The van der Waals surface area contributed by atoms with Gasteiger partial charge in [-0.15, -0.1) is 11.3 Å². The summed E-state index contributed by atoms with van der Waals surface area (Å²) in [5, 5.41) is 2.07. The van der Waals surface area contributed by atoms with Crippen LogP contribution in [0.2, 0.25) is 0 Å². The van der Waals surface area contributed by atoms with Gasteiger partial charge < -0.3 is 9.47 Å². The molecule has 0 bridgehead atoms. The van der Waals surface area contributed by atoms with Crippen LogP contribution in [0.5, 0.6) is 0 Å². The number of methoxy groups -OCH3 is 2. The lowest BCUT2D eigenvalue weighted by atomic mass is 10.2. The van der Waals surface area contributed by atoms with Crippen molar-refractivity contribution in [3.8, 4) is 0 Å². The van der Waals surface area contributed by atoms with Crippen molar-refractivity contribution in [3.63, 3.8) is 0 Å². The van der Waals surface area contributed by atoms with E-state index >= 15 is 0 Å². The van der Waals surface area contributed by atoms with Crippen molar-refractivity contribution in [3.05, 3.63) is 52.0 Å². The maximum Gasteiger partial charge on any atom is 0.356 e. The number of esters is 1. The van der Waals surface area contributed by atoms with Gasteiger partial charge in [-0.3, -0.25) is 4.90 Å². The van der Waals surface area contributed by atoms with E-state index in [0.717, 1.165) is 18.8 Å². The number of carbonyl (C=O) groups excluding carboxylic acids is 1. The third-order valence-corrected chi connectivity index (χ3v) is 4.02. The van der Waals surface area contributed by atoms with E-state index in [1.165, 1.54) is 12.0 Å². The van der Waals surface area contributed by atoms with E-state index in [4.69, 9.17) is 9.47 Å². The highest BCUT2D eigenvalue weighted by molar-refractivity contribution is 7.09. The van der Waals surface area contributed by atoms with Gasteiger partial charge in [0.05, 0.1) is 19.4 Å². The van der Waals surface area contributed by atoms with E-state index in [1.54, 1.807) is 24.5 Å². The number of hydrogen-bond donors (Lipinski definition) is 0. The van der Waals surface area contributed by atoms with Gasteiger partial charge in [0.1, 0.15) is 5.69 Å². The van der Waals surface area contributed by atoms with Crippen LogP contribution in [0.4, 0.5) is 0 Å². The van der Waals surface area contributed by atoms with Crippen molar-refractivity contribution in [2.45, 2.75) is 13.1 Å². The third kappa shape index (κ3) is 4.91. The number of rotatable bonds is 8.